The Morgan fingerprint density at radius 1 is 1.24 bits per heavy atom. The van der Waals surface area contributed by atoms with Crippen LogP contribution < -0.4 is 5.32 Å². The van der Waals surface area contributed by atoms with E-state index in [0.29, 0.717) is 6.54 Å². The molecule has 0 spiro atoms. The normalized spacial score (nSPS) is 16.6. The minimum atomic E-state index is 0.437. The molecule has 112 valence electrons. The molecule has 2 rings (SSSR count). The van der Waals surface area contributed by atoms with Crippen LogP contribution in [-0.4, -0.2) is 55.0 Å². The van der Waals surface area contributed by atoms with Crippen LogP contribution in [0.3, 0.4) is 0 Å². The van der Waals surface area contributed by atoms with Crippen molar-refractivity contribution in [1.29, 1.82) is 0 Å². The van der Waals surface area contributed by atoms with Gasteiger partial charge in [-0.15, -0.1) is 6.42 Å². The van der Waals surface area contributed by atoms with E-state index in [1.165, 1.54) is 5.56 Å². The summed E-state index contributed by atoms with van der Waals surface area (Å²) in [5, 5.41) is 3.31. The number of hydrogen-bond donors (Lipinski definition) is 1. The van der Waals surface area contributed by atoms with Crippen LogP contribution in [0.5, 0.6) is 0 Å². The lowest BCUT2D eigenvalue weighted by Crippen LogP contribution is -2.52. The first-order valence-electron chi connectivity index (χ1n) is 7.56. The Balaban J connectivity index is 1.85. The van der Waals surface area contributed by atoms with Gasteiger partial charge in [0, 0.05) is 39.3 Å². The molecule has 4 nitrogen and oxygen atoms in total. The van der Waals surface area contributed by atoms with Crippen molar-refractivity contribution in [2.75, 3.05) is 39.3 Å². The van der Waals surface area contributed by atoms with Gasteiger partial charge in [-0.2, -0.15) is 0 Å². The van der Waals surface area contributed by atoms with Gasteiger partial charge in [0.25, 0.3) is 0 Å². The van der Waals surface area contributed by atoms with Gasteiger partial charge in [0.15, 0.2) is 5.96 Å². The van der Waals surface area contributed by atoms with Gasteiger partial charge in [0.2, 0.25) is 0 Å². The van der Waals surface area contributed by atoms with Crippen LogP contribution in [0.1, 0.15) is 12.5 Å². The minimum absolute atomic E-state index is 0.437. The van der Waals surface area contributed by atoms with Crippen molar-refractivity contribution in [3.05, 3.63) is 35.9 Å². The predicted octanol–water partition coefficient (Wildman–Crippen LogP) is 1.40. The van der Waals surface area contributed by atoms with Crippen LogP contribution in [0.15, 0.2) is 35.3 Å². The average molecular weight is 284 g/mol. The van der Waals surface area contributed by atoms with Gasteiger partial charge in [-0.1, -0.05) is 36.3 Å². The molecule has 1 aliphatic heterocycles. The largest absolute Gasteiger partial charge is 0.356 e. The summed E-state index contributed by atoms with van der Waals surface area (Å²) < 4.78 is 0. The molecule has 0 saturated carbocycles. The molecule has 0 bridgehead atoms. The number of nitrogens with zero attached hydrogens (tertiary/aromatic N) is 3. The van der Waals surface area contributed by atoms with Crippen molar-refractivity contribution < 1.29 is 0 Å². The number of guanidine groups is 1. The molecule has 1 aromatic carbocycles. The Bertz CT molecular complexity index is 481. The smallest absolute Gasteiger partial charge is 0.194 e. The van der Waals surface area contributed by atoms with E-state index >= 15 is 0 Å². The molecular weight excluding hydrogens is 260 g/mol. The molecule has 1 fully saturated rings. The molecule has 1 aliphatic rings. The summed E-state index contributed by atoms with van der Waals surface area (Å²) in [5.74, 6) is 3.51. The van der Waals surface area contributed by atoms with E-state index < -0.39 is 0 Å². The Hall–Kier alpha value is -1.99. The zero-order chi connectivity index (χ0) is 14.9. The fourth-order valence-electron chi connectivity index (χ4n) is 2.51. The van der Waals surface area contributed by atoms with Gasteiger partial charge in [-0.05, 0) is 12.5 Å². The van der Waals surface area contributed by atoms with Crippen molar-refractivity contribution in [2.24, 2.45) is 4.99 Å². The van der Waals surface area contributed by atoms with Crippen LogP contribution in [0.25, 0.3) is 0 Å². The van der Waals surface area contributed by atoms with Crippen LogP contribution >= 0.6 is 0 Å². The molecule has 0 amide bonds. The molecule has 4 heteroatoms. The first-order valence-corrected chi connectivity index (χ1v) is 7.56. The Labute approximate surface area is 127 Å². The van der Waals surface area contributed by atoms with E-state index in [9.17, 15) is 0 Å². The SMILES string of the molecule is C#CCN=C(NCC)N1CCN(Cc2ccccc2)CC1. The highest BCUT2D eigenvalue weighted by Crippen LogP contribution is 2.08. The second-order valence-electron chi connectivity index (χ2n) is 5.12. The summed E-state index contributed by atoms with van der Waals surface area (Å²) in [6.07, 6.45) is 5.30. The second-order valence-corrected chi connectivity index (χ2v) is 5.12. The number of benzene rings is 1. The molecule has 0 aliphatic carbocycles. The molecular formula is C17H24N4. The third-order valence-corrected chi connectivity index (χ3v) is 3.58. The van der Waals surface area contributed by atoms with E-state index in [2.05, 4.69) is 63.3 Å². The van der Waals surface area contributed by atoms with Gasteiger partial charge < -0.3 is 10.2 Å². The van der Waals surface area contributed by atoms with Gasteiger partial charge in [0.1, 0.15) is 6.54 Å². The average Bonchev–Trinajstić information content (AvgIpc) is 2.53. The monoisotopic (exact) mass is 284 g/mol. The standard InChI is InChI=1S/C17H24N4/c1-3-10-19-17(18-4-2)21-13-11-20(12-14-21)15-16-8-6-5-7-9-16/h1,5-9H,4,10-15H2,2H3,(H,18,19). The van der Waals surface area contributed by atoms with Gasteiger partial charge in [-0.25, -0.2) is 4.99 Å². The lowest BCUT2D eigenvalue weighted by atomic mass is 10.2. The predicted molar refractivity (Wildman–Crippen MR) is 88.1 cm³/mol. The molecule has 1 saturated heterocycles. The molecule has 1 N–H and O–H groups in total. The minimum Gasteiger partial charge on any atom is -0.356 e. The fraction of sp³-hybridized carbons (Fsp3) is 0.471. The third kappa shape index (κ3) is 4.80. The maximum Gasteiger partial charge on any atom is 0.194 e. The van der Waals surface area contributed by atoms with Crippen LogP contribution in [0.4, 0.5) is 0 Å². The summed E-state index contributed by atoms with van der Waals surface area (Å²) in [5.41, 5.74) is 1.37. The molecule has 0 atom stereocenters. The highest BCUT2D eigenvalue weighted by atomic mass is 15.3. The topological polar surface area (TPSA) is 30.9 Å². The number of terminal acetylenes is 1. The van der Waals surface area contributed by atoms with Gasteiger partial charge in [-0.3, -0.25) is 4.90 Å². The van der Waals surface area contributed by atoms with E-state index in [1.807, 2.05) is 0 Å². The Morgan fingerprint density at radius 2 is 1.95 bits per heavy atom. The summed E-state index contributed by atoms with van der Waals surface area (Å²) in [4.78, 5) is 9.22. The van der Waals surface area contributed by atoms with E-state index in [1.54, 1.807) is 0 Å². The maximum atomic E-state index is 5.30. The van der Waals surface area contributed by atoms with Gasteiger partial charge in [0.05, 0.1) is 0 Å². The first-order chi connectivity index (χ1) is 10.3. The van der Waals surface area contributed by atoms with Crippen molar-refractivity contribution in [3.8, 4) is 12.3 Å². The second kappa shape index (κ2) is 8.33. The van der Waals surface area contributed by atoms with Gasteiger partial charge >= 0.3 is 0 Å². The summed E-state index contributed by atoms with van der Waals surface area (Å²) in [7, 11) is 0. The molecule has 1 aromatic rings. The number of rotatable bonds is 4. The maximum absolute atomic E-state index is 5.30. The molecule has 0 unspecified atom stereocenters. The van der Waals surface area contributed by atoms with Crippen molar-refractivity contribution in [3.63, 3.8) is 0 Å². The van der Waals surface area contributed by atoms with E-state index in [4.69, 9.17) is 6.42 Å². The fourth-order valence-corrected chi connectivity index (χ4v) is 2.51. The zero-order valence-electron chi connectivity index (χ0n) is 12.8. The highest BCUT2D eigenvalue weighted by molar-refractivity contribution is 5.80. The van der Waals surface area contributed by atoms with Crippen molar-refractivity contribution in [1.82, 2.24) is 15.1 Å². The number of hydrogen-bond acceptors (Lipinski definition) is 2. The number of nitrogens with one attached hydrogen (secondary N) is 1. The van der Waals surface area contributed by atoms with E-state index in [0.717, 1.165) is 45.2 Å². The lowest BCUT2D eigenvalue weighted by Gasteiger charge is -2.36. The van der Waals surface area contributed by atoms with Crippen LogP contribution in [-0.2, 0) is 6.54 Å². The lowest BCUT2D eigenvalue weighted by molar-refractivity contribution is 0.172. The van der Waals surface area contributed by atoms with Crippen LogP contribution in [0, 0.1) is 12.3 Å². The first kappa shape index (κ1) is 15.4. The Morgan fingerprint density at radius 3 is 2.57 bits per heavy atom. The van der Waals surface area contributed by atoms with Crippen molar-refractivity contribution >= 4 is 5.96 Å². The quantitative estimate of drug-likeness (QED) is 0.515. The van der Waals surface area contributed by atoms with Crippen molar-refractivity contribution in [2.45, 2.75) is 13.5 Å². The van der Waals surface area contributed by atoms with Crippen LogP contribution in [0.2, 0.25) is 0 Å². The molecule has 1 heterocycles. The molecule has 0 aromatic heterocycles. The number of piperazine rings is 1. The number of aliphatic imine (C=N–C) groups is 1. The molecule has 21 heavy (non-hydrogen) atoms. The summed E-state index contributed by atoms with van der Waals surface area (Å²) in [6.45, 7) is 8.49. The van der Waals surface area contributed by atoms with E-state index in [-0.39, 0.29) is 0 Å². The summed E-state index contributed by atoms with van der Waals surface area (Å²) in [6, 6.07) is 10.6. The zero-order valence-corrected chi connectivity index (χ0v) is 12.8. The summed E-state index contributed by atoms with van der Waals surface area (Å²) >= 11 is 0. The third-order valence-electron chi connectivity index (χ3n) is 3.58. The molecule has 0 radical (unpaired) electrons. The Kier molecular flexibility index (Phi) is 6.11. The highest BCUT2D eigenvalue weighted by Gasteiger charge is 2.19.